The summed E-state index contributed by atoms with van der Waals surface area (Å²) in [5.74, 6) is 0. The first-order valence-electron chi connectivity index (χ1n) is 3.47. The fourth-order valence-electron chi connectivity index (χ4n) is 1.13. The first-order chi connectivity index (χ1) is 4.36. The Balaban J connectivity index is 2.28. The predicted octanol–water partition coefficient (Wildman–Crippen LogP) is 1.14. The molecule has 0 aromatic heterocycles. The van der Waals surface area contributed by atoms with Crippen LogP contribution in [0.1, 0.15) is 26.2 Å². The van der Waals surface area contributed by atoms with Crippen LogP contribution >= 0.6 is 0 Å². The van der Waals surface area contributed by atoms with E-state index >= 15 is 0 Å². The lowest BCUT2D eigenvalue weighted by molar-refractivity contribution is -0.117. The van der Waals surface area contributed by atoms with Crippen molar-refractivity contribution in [2.75, 3.05) is 0 Å². The van der Waals surface area contributed by atoms with E-state index < -0.39 is 0 Å². The van der Waals surface area contributed by atoms with Gasteiger partial charge in [-0.25, -0.2) is 0 Å². The average Bonchev–Trinajstić information content (AvgIpc) is 2.34. The molecule has 0 aromatic rings. The summed E-state index contributed by atoms with van der Waals surface area (Å²) in [5, 5.41) is 0. The minimum absolute atomic E-state index is 0.102. The molecule has 52 valence electrons. The number of hydrogen-bond acceptors (Lipinski definition) is 2. The third kappa shape index (κ3) is 1.52. The standard InChI is InChI=1S/C7H12O2/c1-2-6-3-4-7(5-8)9-6/h5-7H,2-4H2,1H3/t6-,7-/m0/s1. The van der Waals surface area contributed by atoms with Crippen LogP contribution in [-0.4, -0.2) is 18.5 Å². The molecule has 1 aliphatic heterocycles. The van der Waals surface area contributed by atoms with E-state index in [-0.39, 0.29) is 6.10 Å². The number of carbonyl (C=O) groups is 1. The molecule has 2 atom stereocenters. The molecule has 0 aliphatic carbocycles. The van der Waals surface area contributed by atoms with Crippen LogP contribution in [0.2, 0.25) is 0 Å². The number of rotatable bonds is 2. The molecule has 1 aliphatic rings. The van der Waals surface area contributed by atoms with Gasteiger partial charge in [0.1, 0.15) is 12.4 Å². The van der Waals surface area contributed by atoms with Gasteiger partial charge in [-0.2, -0.15) is 0 Å². The van der Waals surface area contributed by atoms with Crippen LogP contribution in [0.15, 0.2) is 0 Å². The number of ether oxygens (including phenoxy) is 1. The summed E-state index contributed by atoms with van der Waals surface area (Å²) >= 11 is 0. The summed E-state index contributed by atoms with van der Waals surface area (Å²) in [6.45, 7) is 2.08. The van der Waals surface area contributed by atoms with E-state index in [1.807, 2.05) is 0 Å². The summed E-state index contributed by atoms with van der Waals surface area (Å²) in [5.41, 5.74) is 0. The van der Waals surface area contributed by atoms with Crippen molar-refractivity contribution in [3.8, 4) is 0 Å². The zero-order valence-corrected chi connectivity index (χ0v) is 5.67. The Kier molecular flexibility index (Phi) is 2.22. The zero-order valence-electron chi connectivity index (χ0n) is 5.67. The fraction of sp³-hybridized carbons (Fsp3) is 0.857. The summed E-state index contributed by atoms with van der Waals surface area (Å²) in [6.07, 6.45) is 4.15. The van der Waals surface area contributed by atoms with Gasteiger partial charge >= 0.3 is 0 Å². The topological polar surface area (TPSA) is 26.3 Å². The maximum absolute atomic E-state index is 10.1. The van der Waals surface area contributed by atoms with Crippen LogP contribution in [0, 0.1) is 0 Å². The molecular formula is C7H12O2. The van der Waals surface area contributed by atoms with E-state index in [9.17, 15) is 4.79 Å². The summed E-state index contributed by atoms with van der Waals surface area (Å²) in [4.78, 5) is 10.1. The van der Waals surface area contributed by atoms with Gasteiger partial charge in [-0.15, -0.1) is 0 Å². The summed E-state index contributed by atoms with van der Waals surface area (Å²) in [7, 11) is 0. The Hall–Kier alpha value is -0.370. The van der Waals surface area contributed by atoms with Crippen molar-refractivity contribution in [1.29, 1.82) is 0 Å². The second-order valence-corrected chi connectivity index (χ2v) is 2.42. The third-order valence-electron chi connectivity index (χ3n) is 1.75. The van der Waals surface area contributed by atoms with E-state index in [0.717, 1.165) is 25.5 Å². The number of aldehydes is 1. The van der Waals surface area contributed by atoms with Crippen molar-refractivity contribution in [3.05, 3.63) is 0 Å². The van der Waals surface area contributed by atoms with Crippen molar-refractivity contribution in [2.45, 2.75) is 38.4 Å². The fourth-order valence-corrected chi connectivity index (χ4v) is 1.13. The van der Waals surface area contributed by atoms with Crippen LogP contribution in [-0.2, 0) is 9.53 Å². The van der Waals surface area contributed by atoms with Crippen LogP contribution in [0.25, 0.3) is 0 Å². The smallest absolute Gasteiger partial charge is 0.148 e. The lowest BCUT2D eigenvalue weighted by atomic mass is 10.2. The Bertz CT molecular complexity index is 101. The summed E-state index contributed by atoms with van der Waals surface area (Å²) < 4.78 is 5.29. The van der Waals surface area contributed by atoms with Gasteiger partial charge in [-0.3, -0.25) is 0 Å². The molecule has 0 N–H and O–H groups in total. The Morgan fingerprint density at radius 3 is 2.78 bits per heavy atom. The number of hydrogen-bond donors (Lipinski definition) is 0. The largest absolute Gasteiger partial charge is 0.368 e. The van der Waals surface area contributed by atoms with Gasteiger partial charge in [0, 0.05) is 0 Å². The maximum Gasteiger partial charge on any atom is 0.148 e. The highest BCUT2D eigenvalue weighted by atomic mass is 16.5. The minimum Gasteiger partial charge on any atom is -0.368 e. The van der Waals surface area contributed by atoms with Crippen molar-refractivity contribution in [1.82, 2.24) is 0 Å². The minimum atomic E-state index is -0.102. The van der Waals surface area contributed by atoms with E-state index in [4.69, 9.17) is 4.74 Å². The van der Waals surface area contributed by atoms with Gasteiger partial charge in [-0.05, 0) is 19.3 Å². The highest BCUT2D eigenvalue weighted by Crippen LogP contribution is 2.19. The molecular weight excluding hydrogens is 116 g/mol. The van der Waals surface area contributed by atoms with Crippen molar-refractivity contribution in [3.63, 3.8) is 0 Å². The zero-order chi connectivity index (χ0) is 6.69. The Labute approximate surface area is 55.2 Å². The molecule has 0 bridgehead atoms. The molecule has 1 saturated heterocycles. The molecule has 0 aromatic carbocycles. The van der Waals surface area contributed by atoms with E-state index in [0.29, 0.717) is 6.10 Å². The molecule has 1 fully saturated rings. The van der Waals surface area contributed by atoms with E-state index in [2.05, 4.69) is 6.92 Å². The van der Waals surface area contributed by atoms with Gasteiger partial charge in [0.25, 0.3) is 0 Å². The molecule has 0 saturated carbocycles. The lowest BCUT2D eigenvalue weighted by Gasteiger charge is -2.04. The van der Waals surface area contributed by atoms with E-state index in [1.165, 1.54) is 0 Å². The average molecular weight is 128 g/mol. The third-order valence-corrected chi connectivity index (χ3v) is 1.75. The molecule has 2 heteroatoms. The molecule has 0 amide bonds. The van der Waals surface area contributed by atoms with Crippen LogP contribution in [0.3, 0.4) is 0 Å². The van der Waals surface area contributed by atoms with Crippen LogP contribution in [0.4, 0.5) is 0 Å². The molecule has 2 nitrogen and oxygen atoms in total. The van der Waals surface area contributed by atoms with Gasteiger partial charge in [-0.1, -0.05) is 6.92 Å². The van der Waals surface area contributed by atoms with Gasteiger partial charge in [0.15, 0.2) is 0 Å². The SMILES string of the molecule is CC[C@H]1CC[C@@H](C=O)O1. The molecule has 1 rings (SSSR count). The quantitative estimate of drug-likeness (QED) is 0.521. The molecule has 1 heterocycles. The normalized spacial score (nSPS) is 34.8. The lowest BCUT2D eigenvalue weighted by Crippen LogP contribution is -2.10. The maximum atomic E-state index is 10.1. The van der Waals surface area contributed by atoms with Crippen LogP contribution in [0.5, 0.6) is 0 Å². The van der Waals surface area contributed by atoms with Gasteiger partial charge in [0.05, 0.1) is 6.10 Å². The highest BCUT2D eigenvalue weighted by molar-refractivity contribution is 5.56. The second-order valence-electron chi connectivity index (χ2n) is 2.42. The van der Waals surface area contributed by atoms with Crippen molar-refractivity contribution < 1.29 is 9.53 Å². The van der Waals surface area contributed by atoms with Crippen LogP contribution < -0.4 is 0 Å². The number of carbonyl (C=O) groups excluding carboxylic acids is 1. The first kappa shape index (κ1) is 6.75. The van der Waals surface area contributed by atoms with E-state index in [1.54, 1.807) is 0 Å². The van der Waals surface area contributed by atoms with Gasteiger partial charge < -0.3 is 9.53 Å². The van der Waals surface area contributed by atoms with Crippen molar-refractivity contribution >= 4 is 6.29 Å². The molecule has 0 spiro atoms. The Morgan fingerprint density at radius 1 is 1.67 bits per heavy atom. The molecule has 0 unspecified atom stereocenters. The van der Waals surface area contributed by atoms with Gasteiger partial charge in [0.2, 0.25) is 0 Å². The molecule has 0 radical (unpaired) electrons. The van der Waals surface area contributed by atoms with Crippen molar-refractivity contribution in [2.24, 2.45) is 0 Å². The Morgan fingerprint density at radius 2 is 2.44 bits per heavy atom. The first-order valence-corrected chi connectivity index (χ1v) is 3.47. The second kappa shape index (κ2) is 2.97. The highest BCUT2D eigenvalue weighted by Gasteiger charge is 2.22. The summed E-state index contributed by atoms with van der Waals surface area (Å²) in [6, 6.07) is 0. The predicted molar refractivity (Wildman–Crippen MR) is 34.2 cm³/mol. The monoisotopic (exact) mass is 128 g/mol. The molecule has 9 heavy (non-hydrogen) atoms.